The van der Waals surface area contributed by atoms with Gasteiger partial charge in [0.05, 0.1) is 18.4 Å². The average Bonchev–Trinajstić information content (AvgIpc) is 2.52. The summed E-state index contributed by atoms with van der Waals surface area (Å²) in [6.45, 7) is 4.47. The van der Waals surface area contributed by atoms with Crippen LogP contribution < -0.4 is 9.91 Å². The first kappa shape index (κ1) is 14.9. The van der Waals surface area contributed by atoms with Crippen LogP contribution in [-0.4, -0.2) is 26.9 Å². The van der Waals surface area contributed by atoms with E-state index in [4.69, 9.17) is 0 Å². The molecule has 2 rings (SSSR count). The van der Waals surface area contributed by atoms with Crippen LogP contribution in [0.5, 0.6) is 0 Å². The number of para-hydroxylation sites is 1. The maximum atomic E-state index is 4.55. The minimum Gasteiger partial charge on any atom is -0.378 e. The molecule has 0 aliphatic heterocycles. The van der Waals surface area contributed by atoms with E-state index in [-0.39, 0.29) is 0 Å². The number of rotatable bonds is 6. The van der Waals surface area contributed by atoms with E-state index in [1.54, 1.807) is 0 Å². The van der Waals surface area contributed by atoms with Crippen LogP contribution in [-0.2, 0) is 0 Å². The fourth-order valence-electron chi connectivity index (χ4n) is 1.94. The molecule has 0 aromatic heterocycles. The molecule has 0 bridgehead atoms. The fraction of sp³-hybridized carbons (Fsp3) is 0.167. The van der Waals surface area contributed by atoms with Crippen molar-refractivity contribution in [1.29, 1.82) is 0 Å². The highest BCUT2D eigenvalue weighted by Crippen LogP contribution is 2.14. The molecular weight excluding hydrogens is 258 g/mol. The van der Waals surface area contributed by atoms with E-state index in [0.717, 1.165) is 11.3 Å². The molecule has 0 saturated heterocycles. The maximum absolute atomic E-state index is 4.55. The Hall–Kier alpha value is -2.55. The number of benzene rings is 2. The lowest BCUT2D eigenvalue weighted by Crippen LogP contribution is -2.16. The van der Waals surface area contributed by atoms with Crippen molar-refractivity contribution in [1.82, 2.24) is 0 Å². The first-order valence-corrected chi connectivity index (χ1v) is 6.95. The van der Waals surface area contributed by atoms with Crippen molar-refractivity contribution in [3.63, 3.8) is 0 Å². The van der Waals surface area contributed by atoms with E-state index in [1.807, 2.05) is 61.7 Å². The summed E-state index contributed by atoms with van der Waals surface area (Å²) in [4.78, 5) is 2.08. The van der Waals surface area contributed by atoms with Gasteiger partial charge >= 0.3 is 0 Å². The molecule has 0 unspecified atom stereocenters. The second kappa shape index (κ2) is 7.29. The molecule has 3 heteroatoms. The van der Waals surface area contributed by atoms with Crippen LogP contribution in [0.15, 0.2) is 72.4 Å². The van der Waals surface area contributed by atoms with E-state index < -0.39 is 0 Å². The van der Waals surface area contributed by atoms with Crippen LogP contribution >= 0.6 is 0 Å². The summed E-state index contributed by atoms with van der Waals surface area (Å²) < 4.78 is 0. The molecule has 21 heavy (non-hydrogen) atoms. The summed E-state index contributed by atoms with van der Waals surface area (Å²) >= 11 is 0. The molecule has 0 fully saturated rings. The molecule has 0 spiro atoms. The Morgan fingerprint density at radius 3 is 2.19 bits per heavy atom. The Morgan fingerprint density at radius 1 is 0.952 bits per heavy atom. The van der Waals surface area contributed by atoms with Gasteiger partial charge in [-0.15, -0.1) is 6.58 Å². The van der Waals surface area contributed by atoms with Crippen LogP contribution in [0.25, 0.3) is 0 Å². The number of nitrogens with zero attached hydrogens (tertiary/aromatic N) is 3. The quantitative estimate of drug-likeness (QED) is 0.455. The molecule has 0 radical (unpaired) electrons. The average molecular weight is 279 g/mol. The molecule has 0 saturated carbocycles. The molecule has 2 aromatic carbocycles. The van der Waals surface area contributed by atoms with Crippen molar-refractivity contribution in [2.75, 3.05) is 30.5 Å². The molecular formula is C18H21N3. The summed E-state index contributed by atoms with van der Waals surface area (Å²) in [5.41, 5.74) is 3.31. The van der Waals surface area contributed by atoms with Gasteiger partial charge in [-0.2, -0.15) is 5.10 Å². The van der Waals surface area contributed by atoms with Gasteiger partial charge in [-0.1, -0.05) is 36.4 Å². The number of anilines is 2. The lowest BCUT2D eigenvalue weighted by Gasteiger charge is -2.17. The van der Waals surface area contributed by atoms with Crippen LogP contribution in [0.1, 0.15) is 5.56 Å². The van der Waals surface area contributed by atoms with E-state index in [1.165, 1.54) is 5.69 Å². The molecule has 0 atom stereocenters. The van der Waals surface area contributed by atoms with Crippen LogP contribution in [0, 0.1) is 0 Å². The van der Waals surface area contributed by atoms with E-state index in [0.29, 0.717) is 6.54 Å². The molecule has 0 N–H and O–H groups in total. The van der Waals surface area contributed by atoms with Crippen molar-refractivity contribution in [2.24, 2.45) is 5.10 Å². The van der Waals surface area contributed by atoms with Gasteiger partial charge in [0, 0.05) is 19.8 Å². The van der Waals surface area contributed by atoms with Gasteiger partial charge in [-0.25, -0.2) is 0 Å². The van der Waals surface area contributed by atoms with Gasteiger partial charge in [-0.05, 0) is 29.8 Å². The SMILES string of the molecule is C=CCN(/N=C/c1ccc(N(C)C)cc1)c1ccccc1. The Balaban J connectivity index is 2.14. The van der Waals surface area contributed by atoms with E-state index >= 15 is 0 Å². The summed E-state index contributed by atoms with van der Waals surface area (Å²) in [6.07, 6.45) is 3.72. The summed E-state index contributed by atoms with van der Waals surface area (Å²) in [5.74, 6) is 0. The van der Waals surface area contributed by atoms with Crippen LogP contribution in [0.3, 0.4) is 0 Å². The van der Waals surface area contributed by atoms with Gasteiger partial charge in [0.25, 0.3) is 0 Å². The van der Waals surface area contributed by atoms with Crippen molar-refractivity contribution in [3.05, 3.63) is 72.8 Å². The largest absolute Gasteiger partial charge is 0.378 e. The first-order valence-electron chi connectivity index (χ1n) is 6.95. The highest BCUT2D eigenvalue weighted by molar-refractivity contribution is 5.81. The van der Waals surface area contributed by atoms with Crippen LogP contribution in [0.4, 0.5) is 11.4 Å². The maximum Gasteiger partial charge on any atom is 0.0597 e. The minimum atomic E-state index is 0.677. The van der Waals surface area contributed by atoms with Gasteiger partial charge in [-0.3, -0.25) is 5.01 Å². The lowest BCUT2D eigenvalue weighted by atomic mass is 10.2. The topological polar surface area (TPSA) is 18.8 Å². The lowest BCUT2D eigenvalue weighted by molar-refractivity contribution is 0.947. The van der Waals surface area contributed by atoms with Crippen molar-refractivity contribution in [3.8, 4) is 0 Å². The number of hydrogen-bond donors (Lipinski definition) is 0. The zero-order valence-corrected chi connectivity index (χ0v) is 12.6. The molecule has 108 valence electrons. The monoisotopic (exact) mass is 279 g/mol. The van der Waals surface area contributed by atoms with Gasteiger partial charge in [0.2, 0.25) is 0 Å². The van der Waals surface area contributed by atoms with Crippen molar-refractivity contribution < 1.29 is 0 Å². The number of hydrazone groups is 1. The smallest absolute Gasteiger partial charge is 0.0597 e. The number of hydrogen-bond acceptors (Lipinski definition) is 3. The molecule has 0 aliphatic rings. The summed E-state index contributed by atoms with van der Waals surface area (Å²) in [6, 6.07) is 18.4. The van der Waals surface area contributed by atoms with E-state index in [9.17, 15) is 0 Å². The molecule has 3 nitrogen and oxygen atoms in total. The highest BCUT2D eigenvalue weighted by atomic mass is 15.4. The predicted octanol–water partition coefficient (Wildman–Crippen LogP) is 3.78. The third-order valence-corrected chi connectivity index (χ3v) is 3.11. The summed E-state index contributed by atoms with van der Waals surface area (Å²) in [7, 11) is 4.06. The predicted molar refractivity (Wildman–Crippen MR) is 92.3 cm³/mol. The minimum absolute atomic E-state index is 0.677. The standard InChI is InChI=1S/C18H21N3/c1-4-14-21(18-8-6-5-7-9-18)19-15-16-10-12-17(13-11-16)20(2)3/h4-13,15H,1,14H2,2-3H3/b19-15+. The van der Waals surface area contributed by atoms with E-state index in [2.05, 4.69) is 40.8 Å². The van der Waals surface area contributed by atoms with Crippen molar-refractivity contribution in [2.45, 2.75) is 0 Å². The third kappa shape index (κ3) is 4.21. The normalized spacial score (nSPS) is 10.6. The molecule has 0 amide bonds. The molecule has 2 aromatic rings. The summed E-state index contributed by atoms with van der Waals surface area (Å²) in [5, 5.41) is 6.48. The van der Waals surface area contributed by atoms with Crippen molar-refractivity contribution >= 4 is 17.6 Å². The Labute approximate surface area is 126 Å². The van der Waals surface area contributed by atoms with Gasteiger partial charge in [0.1, 0.15) is 0 Å². The third-order valence-electron chi connectivity index (χ3n) is 3.11. The Kier molecular flexibility index (Phi) is 5.16. The second-order valence-electron chi connectivity index (χ2n) is 4.94. The van der Waals surface area contributed by atoms with Gasteiger partial charge < -0.3 is 4.90 Å². The van der Waals surface area contributed by atoms with Crippen LogP contribution in [0.2, 0.25) is 0 Å². The zero-order valence-electron chi connectivity index (χ0n) is 12.6. The second-order valence-corrected chi connectivity index (χ2v) is 4.94. The molecule has 0 heterocycles. The Bertz CT molecular complexity index is 586. The fourth-order valence-corrected chi connectivity index (χ4v) is 1.94. The highest BCUT2D eigenvalue weighted by Gasteiger charge is 2.01. The Morgan fingerprint density at radius 2 is 1.62 bits per heavy atom. The van der Waals surface area contributed by atoms with Gasteiger partial charge in [0.15, 0.2) is 0 Å². The zero-order chi connectivity index (χ0) is 15.1. The first-order chi connectivity index (χ1) is 10.2. The molecule has 0 aliphatic carbocycles.